The molecule has 1 aliphatic rings. The van der Waals surface area contributed by atoms with Gasteiger partial charge in [-0.05, 0) is 67.1 Å². The van der Waals surface area contributed by atoms with Crippen molar-refractivity contribution in [2.45, 2.75) is 106 Å². The molecule has 0 aromatic rings. The number of rotatable bonds is 8. The van der Waals surface area contributed by atoms with Crippen molar-refractivity contribution >= 4 is 0 Å². The lowest BCUT2D eigenvalue weighted by atomic mass is 9.64. The molecule has 0 saturated heterocycles. The van der Waals surface area contributed by atoms with Crippen LogP contribution in [-0.4, -0.2) is 0 Å². The first-order valence-electron chi connectivity index (χ1n) is 10.4. The molecule has 0 bridgehead atoms. The van der Waals surface area contributed by atoms with E-state index in [0.29, 0.717) is 5.41 Å². The molecule has 0 atom stereocenters. The predicted molar refractivity (Wildman–Crippen MR) is 113 cm³/mol. The minimum absolute atomic E-state index is 0.488. The maximum absolute atomic E-state index is 4.36. The van der Waals surface area contributed by atoms with E-state index >= 15 is 0 Å². The molecule has 0 amide bonds. The van der Waals surface area contributed by atoms with E-state index in [2.05, 4.69) is 61.6 Å². The summed E-state index contributed by atoms with van der Waals surface area (Å²) in [7, 11) is 0. The van der Waals surface area contributed by atoms with Crippen LogP contribution >= 0.6 is 0 Å². The topological polar surface area (TPSA) is 0 Å². The molecule has 0 aromatic heterocycles. The summed E-state index contributed by atoms with van der Waals surface area (Å²) in [6.07, 6.45) is 11.4. The third-order valence-corrected chi connectivity index (χ3v) is 5.74. The zero-order chi connectivity index (χ0) is 18.8. The molecule has 0 N–H and O–H groups in total. The first kappa shape index (κ1) is 23.2. The molecule has 24 heavy (non-hydrogen) atoms. The van der Waals surface area contributed by atoms with Crippen molar-refractivity contribution in [1.29, 1.82) is 0 Å². The van der Waals surface area contributed by atoms with Crippen LogP contribution in [0.25, 0.3) is 0 Å². The van der Waals surface area contributed by atoms with Gasteiger partial charge < -0.3 is 0 Å². The largest absolute Gasteiger partial charge is 0.0952 e. The molecule has 0 fully saturated rings. The highest BCUT2D eigenvalue weighted by atomic mass is 14.4. The highest BCUT2D eigenvalue weighted by Gasteiger charge is 2.34. The van der Waals surface area contributed by atoms with E-state index in [-0.39, 0.29) is 0 Å². The Morgan fingerprint density at radius 1 is 1.00 bits per heavy atom. The lowest BCUT2D eigenvalue weighted by molar-refractivity contribution is 0.222. The first-order chi connectivity index (χ1) is 11.3. The molecular formula is C24H44. The molecule has 0 unspecified atom stereocenters. The standard InChI is InChI=1S/C18H30.C6H14/c1-7-10-18(11-8-2)12-15(5)17(14(4)9-3)16(6)13-18;1-4-6(3)5-2/h4-5,7-13H2,1-3,6H3;6H,4-5H2,1-3H3. The Kier molecular flexibility index (Phi) is 11.3. The van der Waals surface area contributed by atoms with Crippen LogP contribution in [0.4, 0.5) is 0 Å². The minimum Gasteiger partial charge on any atom is -0.0952 e. The first-order valence-corrected chi connectivity index (χ1v) is 10.4. The fraction of sp³-hybridized carbons (Fsp3) is 0.750. The SMILES string of the molecule is C=C(CC)C1=C(C)CC(CCC)(CCC)CC1=C.CCC(C)CC. The third-order valence-electron chi connectivity index (χ3n) is 5.74. The second-order valence-corrected chi connectivity index (χ2v) is 7.99. The molecule has 0 saturated carbocycles. The van der Waals surface area contributed by atoms with Crippen LogP contribution in [0.1, 0.15) is 106 Å². The lowest BCUT2D eigenvalue weighted by Gasteiger charge is -2.40. The maximum Gasteiger partial charge on any atom is -0.0215 e. The van der Waals surface area contributed by atoms with Crippen molar-refractivity contribution in [3.05, 3.63) is 35.5 Å². The van der Waals surface area contributed by atoms with Gasteiger partial charge in [0, 0.05) is 0 Å². The molecule has 1 rings (SSSR count). The van der Waals surface area contributed by atoms with E-state index in [1.54, 1.807) is 0 Å². The highest BCUT2D eigenvalue weighted by molar-refractivity contribution is 5.49. The van der Waals surface area contributed by atoms with Gasteiger partial charge in [0.2, 0.25) is 0 Å². The van der Waals surface area contributed by atoms with E-state index in [1.165, 1.54) is 73.7 Å². The van der Waals surface area contributed by atoms with Gasteiger partial charge >= 0.3 is 0 Å². The molecule has 0 aliphatic heterocycles. The normalized spacial score (nSPS) is 16.9. The zero-order valence-electron chi connectivity index (χ0n) is 17.9. The van der Waals surface area contributed by atoms with Gasteiger partial charge in [-0.3, -0.25) is 0 Å². The summed E-state index contributed by atoms with van der Waals surface area (Å²) < 4.78 is 0. The van der Waals surface area contributed by atoms with Crippen molar-refractivity contribution in [3.63, 3.8) is 0 Å². The van der Waals surface area contributed by atoms with E-state index in [1.807, 2.05) is 0 Å². The zero-order valence-corrected chi connectivity index (χ0v) is 17.9. The number of allylic oxidation sites excluding steroid dienone is 4. The Labute approximate surface area is 153 Å². The second kappa shape index (κ2) is 11.7. The van der Waals surface area contributed by atoms with E-state index in [0.717, 1.165) is 12.3 Å². The van der Waals surface area contributed by atoms with Crippen LogP contribution in [0, 0.1) is 11.3 Å². The highest BCUT2D eigenvalue weighted by Crippen LogP contribution is 2.49. The van der Waals surface area contributed by atoms with Crippen molar-refractivity contribution < 1.29 is 0 Å². The molecule has 0 nitrogen and oxygen atoms in total. The molecule has 0 radical (unpaired) electrons. The summed E-state index contributed by atoms with van der Waals surface area (Å²) in [5.41, 5.74) is 6.04. The average Bonchev–Trinajstić information content (AvgIpc) is 2.54. The van der Waals surface area contributed by atoms with Gasteiger partial charge in [0.25, 0.3) is 0 Å². The van der Waals surface area contributed by atoms with Crippen molar-refractivity contribution in [2.24, 2.45) is 11.3 Å². The van der Waals surface area contributed by atoms with Crippen molar-refractivity contribution in [1.82, 2.24) is 0 Å². The predicted octanol–water partition coefficient (Wildman–Crippen LogP) is 8.65. The Morgan fingerprint density at radius 3 is 1.79 bits per heavy atom. The van der Waals surface area contributed by atoms with Crippen LogP contribution in [0.2, 0.25) is 0 Å². The van der Waals surface area contributed by atoms with Gasteiger partial charge in [-0.2, -0.15) is 0 Å². The van der Waals surface area contributed by atoms with Crippen LogP contribution in [0.5, 0.6) is 0 Å². The monoisotopic (exact) mass is 332 g/mol. The fourth-order valence-corrected chi connectivity index (χ4v) is 4.11. The van der Waals surface area contributed by atoms with E-state index in [4.69, 9.17) is 0 Å². The summed E-state index contributed by atoms with van der Waals surface area (Å²) in [6, 6.07) is 0. The molecule has 0 heteroatoms. The van der Waals surface area contributed by atoms with Crippen molar-refractivity contribution in [2.75, 3.05) is 0 Å². The molecular weight excluding hydrogens is 288 g/mol. The molecule has 1 aliphatic carbocycles. The van der Waals surface area contributed by atoms with Crippen LogP contribution in [0.15, 0.2) is 35.5 Å². The Morgan fingerprint density at radius 2 is 1.50 bits per heavy atom. The second-order valence-electron chi connectivity index (χ2n) is 7.99. The summed E-state index contributed by atoms with van der Waals surface area (Å²) in [6.45, 7) is 24.4. The third kappa shape index (κ3) is 6.99. The molecule has 0 heterocycles. The van der Waals surface area contributed by atoms with Gasteiger partial charge in [-0.15, -0.1) is 0 Å². The smallest absolute Gasteiger partial charge is 0.0215 e. The number of hydrogen-bond acceptors (Lipinski definition) is 0. The average molecular weight is 333 g/mol. The fourth-order valence-electron chi connectivity index (χ4n) is 4.11. The molecule has 140 valence electrons. The Hall–Kier alpha value is -0.780. The maximum atomic E-state index is 4.36. The van der Waals surface area contributed by atoms with E-state index in [9.17, 15) is 0 Å². The minimum atomic E-state index is 0.488. The van der Waals surface area contributed by atoms with Crippen molar-refractivity contribution in [3.8, 4) is 0 Å². The van der Waals surface area contributed by atoms with Gasteiger partial charge in [0.1, 0.15) is 0 Å². The molecule has 0 spiro atoms. The lowest BCUT2D eigenvalue weighted by Crippen LogP contribution is -2.26. The molecule has 0 aromatic carbocycles. The van der Waals surface area contributed by atoms with Gasteiger partial charge in [0.15, 0.2) is 0 Å². The van der Waals surface area contributed by atoms with Gasteiger partial charge in [-0.1, -0.05) is 86.0 Å². The van der Waals surface area contributed by atoms with Gasteiger partial charge in [-0.25, -0.2) is 0 Å². The number of hydrogen-bond donors (Lipinski definition) is 0. The summed E-state index contributed by atoms with van der Waals surface area (Å²) in [5, 5.41) is 0. The summed E-state index contributed by atoms with van der Waals surface area (Å²) in [4.78, 5) is 0. The summed E-state index contributed by atoms with van der Waals surface area (Å²) in [5.74, 6) is 0.935. The summed E-state index contributed by atoms with van der Waals surface area (Å²) >= 11 is 0. The Balaban J connectivity index is 0.000000754. The Bertz CT molecular complexity index is 411. The van der Waals surface area contributed by atoms with Crippen LogP contribution in [0.3, 0.4) is 0 Å². The van der Waals surface area contributed by atoms with E-state index < -0.39 is 0 Å². The quantitative estimate of drug-likeness (QED) is 0.417. The van der Waals surface area contributed by atoms with Gasteiger partial charge in [0.05, 0.1) is 0 Å². The van der Waals surface area contributed by atoms with Crippen LogP contribution < -0.4 is 0 Å². The van der Waals surface area contributed by atoms with Crippen LogP contribution in [-0.2, 0) is 0 Å².